The molecule has 35 heavy (non-hydrogen) atoms. The maximum atomic E-state index is 12.7. The first-order valence-electron chi connectivity index (χ1n) is 12.2. The van der Waals surface area contributed by atoms with Gasteiger partial charge in [-0.05, 0) is 46.5 Å². The minimum Gasteiger partial charge on any atom is -0.484 e. The Morgan fingerprint density at radius 1 is 0.857 bits per heavy atom. The van der Waals surface area contributed by atoms with Crippen molar-refractivity contribution >= 4 is 22.5 Å². The zero-order valence-electron chi connectivity index (χ0n) is 20.2. The van der Waals surface area contributed by atoms with E-state index >= 15 is 0 Å². The van der Waals surface area contributed by atoms with Crippen molar-refractivity contribution in [2.75, 3.05) is 37.7 Å². The molecule has 0 N–H and O–H groups in total. The molecule has 1 amide bonds. The Morgan fingerprint density at radius 3 is 2.31 bits per heavy atom. The van der Waals surface area contributed by atoms with Gasteiger partial charge in [0, 0.05) is 31.7 Å². The molecule has 0 spiro atoms. The maximum Gasteiger partial charge on any atom is 0.260 e. The molecular formula is C29H30N4O2. The van der Waals surface area contributed by atoms with Gasteiger partial charge in [-0.2, -0.15) is 0 Å². The molecule has 1 aliphatic heterocycles. The van der Waals surface area contributed by atoms with Crippen molar-refractivity contribution in [3.8, 4) is 17.0 Å². The van der Waals surface area contributed by atoms with Gasteiger partial charge >= 0.3 is 0 Å². The lowest BCUT2D eigenvalue weighted by Crippen LogP contribution is -2.50. The van der Waals surface area contributed by atoms with Crippen LogP contribution in [0.4, 0.5) is 5.82 Å². The average molecular weight is 467 g/mol. The van der Waals surface area contributed by atoms with Crippen LogP contribution in [-0.4, -0.2) is 53.8 Å². The van der Waals surface area contributed by atoms with Crippen molar-refractivity contribution in [1.82, 2.24) is 15.1 Å². The topological polar surface area (TPSA) is 58.6 Å². The SMILES string of the molecule is CC(C)c1ccc(OCC(=O)N2CCN(c3ccc(-c4cccc5ccccc45)nn3)CC2)cc1. The van der Waals surface area contributed by atoms with E-state index in [-0.39, 0.29) is 12.5 Å². The van der Waals surface area contributed by atoms with Gasteiger partial charge in [0.15, 0.2) is 12.4 Å². The van der Waals surface area contributed by atoms with Gasteiger partial charge in [-0.1, -0.05) is 68.4 Å². The first-order valence-corrected chi connectivity index (χ1v) is 12.2. The van der Waals surface area contributed by atoms with E-state index < -0.39 is 0 Å². The van der Waals surface area contributed by atoms with Gasteiger partial charge in [-0.25, -0.2) is 0 Å². The Hall–Kier alpha value is -3.93. The molecule has 0 unspecified atom stereocenters. The zero-order chi connectivity index (χ0) is 24.2. The molecule has 1 aromatic heterocycles. The average Bonchev–Trinajstić information content (AvgIpc) is 2.92. The Bertz CT molecular complexity index is 1290. The number of fused-ring (bicyclic) bond motifs is 1. The van der Waals surface area contributed by atoms with Crippen LogP contribution in [0.5, 0.6) is 5.75 Å². The number of carbonyl (C=O) groups excluding carboxylic acids is 1. The van der Waals surface area contributed by atoms with Crippen LogP contribution in [0.1, 0.15) is 25.3 Å². The molecule has 3 aromatic carbocycles. The van der Waals surface area contributed by atoms with E-state index in [4.69, 9.17) is 4.74 Å². The van der Waals surface area contributed by atoms with Crippen molar-refractivity contribution in [3.63, 3.8) is 0 Å². The third kappa shape index (κ3) is 5.11. The van der Waals surface area contributed by atoms with Crippen molar-refractivity contribution in [2.24, 2.45) is 0 Å². The lowest BCUT2D eigenvalue weighted by molar-refractivity contribution is -0.133. The number of rotatable bonds is 6. The van der Waals surface area contributed by atoms with Gasteiger partial charge in [0.05, 0.1) is 5.69 Å². The molecule has 5 rings (SSSR count). The number of anilines is 1. The molecule has 6 nitrogen and oxygen atoms in total. The minimum atomic E-state index is 0.00924. The third-order valence-corrected chi connectivity index (χ3v) is 6.58. The van der Waals surface area contributed by atoms with Gasteiger partial charge in [-0.3, -0.25) is 4.79 Å². The fourth-order valence-electron chi connectivity index (χ4n) is 4.46. The number of carbonyl (C=O) groups is 1. The summed E-state index contributed by atoms with van der Waals surface area (Å²) in [6.45, 7) is 7.09. The lowest BCUT2D eigenvalue weighted by atomic mass is 10.0. The Morgan fingerprint density at radius 2 is 1.60 bits per heavy atom. The van der Waals surface area contributed by atoms with Crippen LogP contribution in [0.25, 0.3) is 22.0 Å². The first kappa shape index (κ1) is 22.8. The number of aromatic nitrogens is 2. The summed E-state index contributed by atoms with van der Waals surface area (Å²) >= 11 is 0. The minimum absolute atomic E-state index is 0.00924. The smallest absolute Gasteiger partial charge is 0.260 e. The molecule has 0 aliphatic carbocycles. The van der Waals surface area contributed by atoms with Crippen LogP contribution >= 0.6 is 0 Å². The highest BCUT2D eigenvalue weighted by atomic mass is 16.5. The molecule has 0 bridgehead atoms. The number of benzene rings is 3. The summed E-state index contributed by atoms with van der Waals surface area (Å²) in [7, 11) is 0. The van der Waals surface area contributed by atoms with E-state index in [9.17, 15) is 4.79 Å². The number of hydrogen-bond donors (Lipinski definition) is 0. The van der Waals surface area contributed by atoms with Gasteiger partial charge in [0.25, 0.3) is 5.91 Å². The second-order valence-electron chi connectivity index (χ2n) is 9.18. The summed E-state index contributed by atoms with van der Waals surface area (Å²) in [6, 6.07) is 26.6. The van der Waals surface area contributed by atoms with E-state index in [0.717, 1.165) is 35.9 Å². The number of piperazine rings is 1. The lowest BCUT2D eigenvalue weighted by Gasteiger charge is -2.35. The van der Waals surface area contributed by atoms with E-state index in [0.29, 0.717) is 19.0 Å². The molecule has 6 heteroatoms. The Balaban J connectivity index is 1.16. The standard InChI is InChI=1S/C29H30N4O2/c1-21(2)22-10-12-24(13-11-22)35-20-29(34)33-18-16-32(17-19-33)28-15-14-27(30-31-28)26-9-5-7-23-6-3-4-8-25(23)26/h3-15,21H,16-20H2,1-2H3. The Labute approximate surface area is 206 Å². The summed E-state index contributed by atoms with van der Waals surface area (Å²) in [5.41, 5.74) is 3.20. The van der Waals surface area contributed by atoms with E-state index in [1.807, 2.05) is 47.4 Å². The van der Waals surface area contributed by atoms with Gasteiger partial charge < -0.3 is 14.5 Å². The van der Waals surface area contributed by atoms with Crippen LogP contribution in [0.3, 0.4) is 0 Å². The molecule has 0 atom stereocenters. The van der Waals surface area contributed by atoms with Gasteiger partial charge in [-0.15, -0.1) is 10.2 Å². The van der Waals surface area contributed by atoms with E-state index in [1.54, 1.807) is 0 Å². The Kier molecular flexibility index (Phi) is 6.62. The van der Waals surface area contributed by atoms with E-state index in [2.05, 4.69) is 65.3 Å². The van der Waals surface area contributed by atoms with Crippen molar-refractivity contribution < 1.29 is 9.53 Å². The normalized spacial score (nSPS) is 13.9. The summed E-state index contributed by atoms with van der Waals surface area (Å²) in [5, 5.41) is 11.4. The summed E-state index contributed by atoms with van der Waals surface area (Å²) < 4.78 is 5.73. The van der Waals surface area contributed by atoms with Crippen molar-refractivity contribution in [1.29, 1.82) is 0 Å². The molecule has 2 heterocycles. The zero-order valence-corrected chi connectivity index (χ0v) is 20.2. The summed E-state index contributed by atoms with van der Waals surface area (Å²) in [5.74, 6) is 2.04. The highest BCUT2D eigenvalue weighted by Gasteiger charge is 2.22. The highest BCUT2D eigenvalue weighted by molar-refractivity contribution is 5.95. The molecule has 1 saturated heterocycles. The largest absolute Gasteiger partial charge is 0.484 e. The van der Waals surface area contributed by atoms with Crippen molar-refractivity contribution in [3.05, 3.63) is 84.4 Å². The predicted octanol–water partition coefficient (Wildman–Crippen LogP) is 5.15. The van der Waals surface area contributed by atoms with Crippen LogP contribution < -0.4 is 9.64 Å². The molecule has 1 aliphatic rings. The molecular weight excluding hydrogens is 436 g/mol. The highest BCUT2D eigenvalue weighted by Crippen LogP contribution is 2.27. The first-order chi connectivity index (χ1) is 17.1. The van der Waals surface area contributed by atoms with Crippen LogP contribution in [0.2, 0.25) is 0 Å². The molecule has 1 fully saturated rings. The fourth-order valence-corrected chi connectivity index (χ4v) is 4.46. The van der Waals surface area contributed by atoms with Crippen LogP contribution in [0.15, 0.2) is 78.9 Å². The van der Waals surface area contributed by atoms with Crippen LogP contribution in [0, 0.1) is 0 Å². The van der Waals surface area contributed by atoms with Gasteiger partial charge in [0.2, 0.25) is 0 Å². The molecule has 0 radical (unpaired) electrons. The number of nitrogens with zero attached hydrogens (tertiary/aromatic N) is 4. The second-order valence-corrected chi connectivity index (χ2v) is 9.18. The third-order valence-electron chi connectivity index (χ3n) is 6.58. The number of amides is 1. The second kappa shape index (κ2) is 10.1. The summed E-state index contributed by atoms with van der Waals surface area (Å²) in [4.78, 5) is 16.7. The molecule has 0 saturated carbocycles. The number of hydrogen-bond acceptors (Lipinski definition) is 5. The quantitative estimate of drug-likeness (QED) is 0.393. The van der Waals surface area contributed by atoms with E-state index in [1.165, 1.54) is 16.3 Å². The fraction of sp³-hybridized carbons (Fsp3) is 0.276. The predicted molar refractivity (Wildman–Crippen MR) is 140 cm³/mol. The van der Waals surface area contributed by atoms with Gasteiger partial charge in [0.1, 0.15) is 5.75 Å². The monoisotopic (exact) mass is 466 g/mol. The maximum absolute atomic E-state index is 12.7. The van der Waals surface area contributed by atoms with Crippen molar-refractivity contribution in [2.45, 2.75) is 19.8 Å². The molecule has 4 aromatic rings. The molecule has 178 valence electrons. The van der Waals surface area contributed by atoms with Crippen LogP contribution in [-0.2, 0) is 4.79 Å². The number of ether oxygens (including phenoxy) is 1. The summed E-state index contributed by atoms with van der Waals surface area (Å²) in [6.07, 6.45) is 0.